The first-order valence-corrected chi connectivity index (χ1v) is 11.6. The molecule has 0 radical (unpaired) electrons. The van der Waals surface area contributed by atoms with Crippen LogP contribution in [0.15, 0.2) is 42.5 Å². The lowest BCUT2D eigenvalue weighted by molar-refractivity contribution is -0.119. The average molecular weight is 465 g/mol. The molecular formula is C27H29ClN2O3. The minimum Gasteiger partial charge on any atom is -0.452 e. The maximum absolute atomic E-state index is 13.3. The van der Waals surface area contributed by atoms with Crippen molar-refractivity contribution in [3.63, 3.8) is 0 Å². The van der Waals surface area contributed by atoms with Crippen LogP contribution in [0.2, 0.25) is 5.02 Å². The number of fused-ring (bicyclic) bond motifs is 2. The SMILES string of the molecule is Cc1ccc(Cl)cc1NC(=O)COC(=O)c1c2c(nc3ccccc13)CC[C@@H](C(C)(C)C)C2. The smallest absolute Gasteiger partial charge is 0.339 e. The maximum atomic E-state index is 13.3. The Labute approximate surface area is 199 Å². The van der Waals surface area contributed by atoms with Gasteiger partial charge in [0.15, 0.2) is 6.61 Å². The zero-order valence-corrected chi connectivity index (χ0v) is 20.3. The van der Waals surface area contributed by atoms with Gasteiger partial charge in [-0.2, -0.15) is 0 Å². The molecule has 1 atom stereocenters. The number of anilines is 1. The van der Waals surface area contributed by atoms with Crippen LogP contribution in [0.5, 0.6) is 0 Å². The van der Waals surface area contributed by atoms with Gasteiger partial charge in [0.25, 0.3) is 5.91 Å². The van der Waals surface area contributed by atoms with Crippen LogP contribution in [0.4, 0.5) is 5.69 Å². The molecule has 4 rings (SSSR count). The number of carbonyl (C=O) groups is 2. The van der Waals surface area contributed by atoms with Gasteiger partial charge < -0.3 is 10.1 Å². The van der Waals surface area contributed by atoms with E-state index < -0.39 is 11.9 Å². The molecule has 5 nitrogen and oxygen atoms in total. The molecule has 33 heavy (non-hydrogen) atoms. The van der Waals surface area contributed by atoms with Gasteiger partial charge in [-0.15, -0.1) is 0 Å². The van der Waals surface area contributed by atoms with E-state index in [1.807, 2.05) is 37.3 Å². The fourth-order valence-electron chi connectivity index (χ4n) is 4.48. The molecule has 3 aromatic rings. The van der Waals surface area contributed by atoms with Crippen LogP contribution >= 0.6 is 11.6 Å². The number of aromatic nitrogens is 1. The number of esters is 1. The number of aryl methyl sites for hydroxylation is 2. The van der Waals surface area contributed by atoms with Gasteiger partial charge in [0.05, 0.1) is 11.1 Å². The van der Waals surface area contributed by atoms with E-state index >= 15 is 0 Å². The van der Waals surface area contributed by atoms with Gasteiger partial charge in [0.2, 0.25) is 0 Å². The number of nitrogens with one attached hydrogen (secondary N) is 1. The minimum absolute atomic E-state index is 0.124. The van der Waals surface area contributed by atoms with Crippen LogP contribution in [-0.2, 0) is 22.4 Å². The number of carbonyl (C=O) groups excluding carboxylic acids is 2. The van der Waals surface area contributed by atoms with Gasteiger partial charge in [0, 0.05) is 21.8 Å². The first-order valence-electron chi connectivity index (χ1n) is 11.3. The first kappa shape index (κ1) is 23.2. The fraction of sp³-hybridized carbons (Fsp3) is 0.370. The normalized spacial score (nSPS) is 15.7. The summed E-state index contributed by atoms with van der Waals surface area (Å²) in [6.45, 7) is 8.20. The molecule has 0 spiro atoms. The molecule has 1 aliphatic carbocycles. The molecule has 0 bridgehead atoms. The summed E-state index contributed by atoms with van der Waals surface area (Å²) in [4.78, 5) is 30.7. The summed E-state index contributed by atoms with van der Waals surface area (Å²) in [6, 6.07) is 12.9. The lowest BCUT2D eigenvalue weighted by atomic mass is 9.70. The van der Waals surface area contributed by atoms with E-state index in [1.165, 1.54) is 0 Å². The molecule has 172 valence electrons. The highest BCUT2D eigenvalue weighted by atomic mass is 35.5. The number of hydrogen-bond donors (Lipinski definition) is 1. The van der Waals surface area contributed by atoms with Crippen molar-refractivity contribution < 1.29 is 14.3 Å². The molecule has 0 unspecified atom stereocenters. The van der Waals surface area contributed by atoms with Crippen LogP contribution in [-0.4, -0.2) is 23.5 Å². The predicted octanol–water partition coefficient (Wildman–Crippen LogP) is 6.14. The van der Waals surface area contributed by atoms with Crippen molar-refractivity contribution in [2.45, 2.75) is 47.0 Å². The highest BCUT2D eigenvalue weighted by Crippen LogP contribution is 2.39. The van der Waals surface area contributed by atoms with Crippen LogP contribution in [0, 0.1) is 18.3 Å². The molecule has 0 aliphatic heterocycles. The van der Waals surface area contributed by atoms with Crippen molar-refractivity contribution >= 4 is 40.1 Å². The number of benzene rings is 2. The summed E-state index contributed by atoms with van der Waals surface area (Å²) in [5.41, 5.74) is 4.83. The van der Waals surface area contributed by atoms with Crippen molar-refractivity contribution in [2.75, 3.05) is 11.9 Å². The number of pyridine rings is 1. The van der Waals surface area contributed by atoms with Crippen molar-refractivity contribution in [3.8, 4) is 0 Å². The maximum Gasteiger partial charge on any atom is 0.339 e. The zero-order valence-electron chi connectivity index (χ0n) is 19.5. The Morgan fingerprint density at radius 2 is 1.94 bits per heavy atom. The molecule has 1 aromatic heterocycles. The molecule has 6 heteroatoms. The average Bonchev–Trinajstić information content (AvgIpc) is 2.77. The number of nitrogens with zero attached hydrogens (tertiary/aromatic N) is 1. The van der Waals surface area contributed by atoms with E-state index in [4.69, 9.17) is 21.3 Å². The van der Waals surface area contributed by atoms with Crippen molar-refractivity contribution in [3.05, 3.63) is 69.9 Å². The van der Waals surface area contributed by atoms with Crippen LogP contribution in [0.25, 0.3) is 10.9 Å². The van der Waals surface area contributed by atoms with E-state index in [-0.39, 0.29) is 12.0 Å². The van der Waals surface area contributed by atoms with Gasteiger partial charge in [-0.25, -0.2) is 4.79 Å². The Kier molecular flexibility index (Phi) is 6.44. The van der Waals surface area contributed by atoms with E-state index in [9.17, 15) is 9.59 Å². The Balaban J connectivity index is 1.60. The zero-order chi connectivity index (χ0) is 23.8. The number of rotatable bonds is 4. The number of amides is 1. The topological polar surface area (TPSA) is 68.3 Å². The van der Waals surface area contributed by atoms with Gasteiger partial charge in [-0.05, 0) is 66.8 Å². The van der Waals surface area contributed by atoms with Gasteiger partial charge >= 0.3 is 5.97 Å². The molecule has 1 amide bonds. The lowest BCUT2D eigenvalue weighted by Gasteiger charge is -2.35. The first-order chi connectivity index (χ1) is 15.6. The summed E-state index contributed by atoms with van der Waals surface area (Å²) < 4.78 is 5.52. The Hall–Kier alpha value is -2.92. The number of para-hydroxylation sites is 1. The van der Waals surface area contributed by atoms with E-state index in [0.717, 1.165) is 47.0 Å². The summed E-state index contributed by atoms with van der Waals surface area (Å²) in [7, 11) is 0. The van der Waals surface area contributed by atoms with Crippen LogP contribution < -0.4 is 5.32 Å². The van der Waals surface area contributed by atoms with Crippen molar-refractivity contribution in [2.24, 2.45) is 11.3 Å². The Morgan fingerprint density at radius 3 is 2.70 bits per heavy atom. The quantitative estimate of drug-likeness (QED) is 0.470. The molecule has 0 fully saturated rings. The molecule has 1 aliphatic rings. The van der Waals surface area contributed by atoms with Crippen LogP contribution in [0.1, 0.15) is 54.4 Å². The third-order valence-electron chi connectivity index (χ3n) is 6.50. The Bertz CT molecular complexity index is 1230. The van der Waals surface area contributed by atoms with Gasteiger partial charge in [0.1, 0.15) is 0 Å². The van der Waals surface area contributed by atoms with Gasteiger partial charge in [-0.1, -0.05) is 56.6 Å². The number of hydrogen-bond acceptors (Lipinski definition) is 4. The monoisotopic (exact) mass is 464 g/mol. The van der Waals surface area contributed by atoms with Crippen molar-refractivity contribution in [1.29, 1.82) is 0 Å². The van der Waals surface area contributed by atoms with E-state index in [0.29, 0.717) is 22.2 Å². The second-order valence-electron chi connectivity index (χ2n) is 9.82. The van der Waals surface area contributed by atoms with Crippen LogP contribution in [0.3, 0.4) is 0 Å². The highest BCUT2D eigenvalue weighted by molar-refractivity contribution is 6.31. The number of ether oxygens (including phenoxy) is 1. The summed E-state index contributed by atoms with van der Waals surface area (Å²) >= 11 is 6.03. The Morgan fingerprint density at radius 1 is 1.18 bits per heavy atom. The predicted molar refractivity (Wildman–Crippen MR) is 132 cm³/mol. The lowest BCUT2D eigenvalue weighted by Crippen LogP contribution is -2.29. The molecule has 1 N–H and O–H groups in total. The third-order valence-corrected chi connectivity index (χ3v) is 6.73. The molecular weight excluding hydrogens is 436 g/mol. The molecule has 0 saturated carbocycles. The summed E-state index contributed by atoms with van der Waals surface area (Å²) in [6.07, 6.45) is 2.64. The van der Waals surface area contributed by atoms with Crippen molar-refractivity contribution in [1.82, 2.24) is 4.98 Å². The summed E-state index contributed by atoms with van der Waals surface area (Å²) in [5.74, 6) is -0.459. The highest BCUT2D eigenvalue weighted by Gasteiger charge is 2.33. The molecule has 0 saturated heterocycles. The van der Waals surface area contributed by atoms with Gasteiger partial charge in [-0.3, -0.25) is 9.78 Å². The molecule has 2 aromatic carbocycles. The second-order valence-corrected chi connectivity index (χ2v) is 10.3. The molecule has 1 heterocycles. The fourth-order valence-corrected chi connectivity index (χ4v) is 4.65. The van der Waals surface area contributed by atoms with E-state index in [1.54, 1.807) is 12.1 Å². The largest absolute Gasteiger partial charge is 0.452 e. The number of halogens is 1. The second kappa shape index (κ2) is 9.14. The summed E-state index contributed by atoms with van der Waals surface area (Å²) in [5, 5.41) is 4.06. The minimum atomic E-state index is -0.489. The third kappa shape index (κ3) is 5.03. The van der Waals surface area contributed by atoms with E-state index in [2.05, 4.69) is 26.1 Å². The standard InChI is InChI=1S/C27H29ClN2O3/c1-16-9-11-18(28)14-23(16)30-24(31)15-33-26(32)25-19-7-5-6-8-21(19)29-22-12-10-17(13-20(22)25)27(2,3)4/h5-9,11,14,17H,10,12-13,15H2,1-4H3,(H,30,31)/t17-/m1/s1.